The number of aliphatic hydroxyl groups is 1. The normalized spacial score (nSPS) is 16.5. The Hall–Kier alpha value is -3.33. The van der Waals surface area contributed by atoms with Crippen LogP contribution in [0.1, 0.15) is 61.8 Å². The summed E-state index contributed by atoms with van der Waals surface area (Å²) in [4.78, 5) is 17.6. The van der Waals surface area contributed by atoms with Gasteiger partial charge in [-0.05, 0) is 63.9 Å². The summed E-state index contributed by atoms with van der Waals surface area (Å²) in [5.74, 6) is 0.229. The summed E-state index contributed by atoms with van der Waals surface area (Å²) in [6, 6.07) is 19.1. The first kappa shape index (κ1) is 26.3. The molecule has 0 bridgehead atoms. The number of fused-ring (bicyclic) bond motifs is 2. The van der Waals surface area contributed by atoms with E-state index in [1.54, 1.807) is 13.0 Å². The van der Waals surface area contributed by atoms with E-state index in [0.29, 0.717) is 18.7 Å². The van der Waals surface area contributed by atoms with Gasteiger partial charge in [-0.1, -0.05) is 36.4 Å². The maximum absolute atomic E-state index is 13.5. The van der Waals surface area contributed by atoms with E-state index in [9.17, 15) is 14.1 Å². The Balaban J connectivity index is 1.67. The van der Waals surface area contributed by atoms with E-state index >= 15 is 0 Å². The number of rotatable bonds is 7. The number of ether oxygens (including phenoxy) is 1. The number of esters is 1. The largest absolute Gasteiger partial charge is 0.461 e. The molecule has 4 aromatic rings. The van der Waals surface area contributed by atoms with Gasteiger partial charge in [0.15, 0.2) is 0 Å². The minimum absolute atomic E-state index is 0.0694. The van der Waals surface area contributed by atoms with Crippen LogP contribution in [-0.4, -0.2) is 42.5 Å². The summed E-state index contributed by atoms with van der Waals surface area (Å²) in [6.45, 7) is 8.11. The summed E-state index contributed by atoms with van der Waals surface area (Å²) in [5.41, 5.74) is 5.06. The number of aromatic nitrogens is 1. The predicted molar refractivity (Wildman–Crippen MR) is 149 cm³/mol. The van der Waals surface area contributed by atoms with Gasteiger partial charge >= 0.3 is 5.97 Å². The van der Waals surface area contributed by atoms with Crippen molar-refractivity contribution in [3.8, 4) is 22.6 Å². The van der Waals surface area contributed by atoms with Crippen LogP contribution in [0.15, 0.2) is 65.1 Å². The van der Waals surface area contributed by atoms with Gasteiger partial charge in [0.25, 0.3) is 0 Å². The van der Waals surface area contributed by atoms with Crippen LogP contribution in [0.25, 0.3) is 33.6 Å². The SMILES string of the molecule is CCOC(=O)c1cc2c(c(-c3cccc(-c4cc5ccccc5o4)c3)n1)[C@@H](CCO)N(S(=O)C(C)(C)C)C2. The number of para-hydroxylation sites is 1. The molecule has 2 atom stereocenters. The first-order valence-electron chi connectivity index (χ1n) is 12.8. The minimum atomic E-state index is -1.34. The predicted octanol–water partition coefficient (Wildman–Crippen LogP) is 6.04. The molecule has 1 N–H and O–H groups in total. The molecule has 3 heterocycles. The Bertz CT molecular complexity index is 1490. The Morgan fingerprint density at radius 2 is 1.89 bits per heavy atom. The number of hydrogen-bond acceptors (Lipinski definition) is 6. The van der Waals surface area contributed by atoms with Crippen LogP contribution >= 0.6 is 0 Å². The molecule has 5 rings (SSSR count). The van der Waals surface area contributed by atoms with E-state index in [1.165, 1.54) is 0 Å². The lowest BCUT2D eigenvalue weighted by molar-refractivity contribution is 0.0519. The summed E-state index contributed by atoms with van der Waals surface area (Å²) >= 11 is 0. The standard InChI is InChI=1S/C30H32N2O5S/c1-5-36-29(34)23-16-22-18-32(38(35)30(2,3)4)24(13-14-33)27(22)28(31-23)21-11-8-10-19(15-21)26-17-20-9-6-7-12-25(20)37-26/h6-12,15-17,24,33H,5,13-14,18H2,1-4H3/t24-,38?/m1/s1. The first-order valence-corrected chi connectivity index (χ1v) is 13.9. The highest BCUT2D eigenvalue weighted by Gasteiger charge is 2.40. The molecule has 7 nitrogen and oxygen atoms in total. The van der Waals surface area contributed by atoms with Crippen LogP contribution in [0.2, 0.25) is 0 Å². The number of pyridine rings is 1. The van der Waals surface area contributed by atoms with Crippen LogP contribution in [0.4, 0.5) is 0 Å². The zero-order valence-electron chi connectivity index (χ0n) is 22.1. The third-order valence-corrected chi connectivity index (χ3v) is 8.48. The number of furan rings is 1. The highest BCUT2D eigenvalue weighted by atomic mass is 32.2. The molecule has 198 valence electrons. The lowest BCUT2D eigenvalue weighted by atomic mass is 9.95. The molecule has 1 unspecified atom stereocenters. The second-order valence-electron chi connectivity index (χ2n) is 10.3. The molecule has 0 saturated carbocycles. The number of nitrogens with zero attached hydrogens (tertiary/aromatic N) is 2. The van der Waals surface area contributed by atoms with Gasteiger partial charge in [-0.25, -0.2) is 18.3 Å². The van der Waals surface area contributed by atoms with Gasteiger partial charge in [0.05, 0.1) is 23.1 Å². The fourth-order valence-corrected chi connectivity index (χ4v) is 6.34. The van der Waals surface area contributed by atoms with Crippen molar-refractivity contribution in [3.05, 3.63) is 77.5 Å². The lowest BCUT2D eigenvalue weighted by Crippen LogP contribution is -2.36. The van der Waals surface area contributed by atoms with Crippen molar-refractivity contribution in [2.75, 3.05) is 13.2 Å². The Morgan fingerprint density at radius 1 is 1.13 bits per heavy atom. The van der Waals surface area contributed by atoms with Gasteiger partial charge < -0.3 is 14.3 Å². The van der Waals surface area contributed by atoms with E-state index in [-0.39, 0.29) is 24.9 Å². The van der Waals surface area contributed by atoms with Gasteiger partial charge in [0.2, 0.25) is 0 Å². The topological polar surface area (TPSA) is 92.9 Å². The molecule has 0 fully saturated rings. The highest BCUT2D eigenvalue weighted by Crippen LogP contribution is 2.44. The quantitative estimate of drug-likeness (QED) is 0.292. The van der Waals surface area contributed by atoms with Crippen LogP contribution in [-0.2, 0) is 22.3 Å². The van der Waals surface area contributed by atoms with Gasteiger partial charge in [0.1, 0.15) is 28.0 Å². The van der Waals surface area contributed by atoms with Gasteiger partial charge in [-0.3, -0.25) is 0 Å². The molecule has 2 aromatic heterocycles. The fourth-order valence-electron chi connectivity index (χ4n) is 4.94. The third-order valence-electron chi connectivity index (χ3n) is 6.62. The Morgan fingerprint density at radius 3 is 2.61 bits per heavy atom. The van der Waals surface area contributed by atoms with Crippen LogP contribution in [0, 0.1) is 0 Å². The molecule has 8 heteroatoms. The average molecular weight is 533 g/mol. The smallest absolute Gasteiger partial charge is 0.356 e. The second kappa shape index (κ2) is 10.4. The molecule has 2 aromatic carbocycles. The second-order valence-corrected chi connectivity index (χ2v) is 12.5. The van der Waals surface area contributed by atoms with Crippen LogP contribution in [0.3, 0.4) is 0 Å². The van der Waals surface area contributed by atoms with E-state index in [0.717, 1.165) is 39.0 Å². The monoisotopic (exact) mass is 532 g/mol. The van der Waals surface area contributed by atoms with Crippen molar-refractivity contribution >= 4 is 27.9 Å². The summed E-state index contributed by atoms with van der Waals surface area (Å²) in [7, 11) is -1.34. The Kier molecular flexibility index (Phi) is 7.22. The van der Waals surface area contributed by atoms with E-state index < -0.39 is 21.7 Å². The van der Waals surface area contributed by atoms with Crippen molar-refractivity contribution in [1.82, 2.24) is 9.29 Å². The molecule has 1 aliphatic heterocycles. The van der Waals surface area contributed by atoms with Crippen molar-refractivity contribution in [1.29, 1.82) is 0 Å². The van der Waals surface area contributed by atoms with Gasteiger partial charge in [-0.2, -0.15) is 0 Å². The molecule has 0 amide bonds. The zero-order chi connectivity index (χ0) is 27.0. The average Bonchev–Trinajstić information content (AvgIpc) is 3.49. The molecular formula is C30H32N2O5S. The van der Waals surface area contributed by atoms with E-state index in [4.69, 9.17) is 14.1 Å². The maximum Gasteiger partial charge on any atom is 0.356 e. The molecule has 0 aliphatic carbocycles. The van der Waals surface area contributed by atoms with Crippen molar-refractivity contribution in [2.45, 2.75) is 51.4 Å². The summed E-state index contributed by atoms with van der Waals surface area (Å²) in [6.07, 6.45) is 0.394. The molecular weight excluding hydrogens is 500 g/mol. The molecule has 0 radical (unpaired) electrons. The van der Waals surface area contributed by atoms with Gasteiger partial charge in [0, 0.05) is 35.2 Å². The third kappa shape index (κ3) is 4.91. The molecule has 1 aliphatic rings. The van der Waals surface area contributed by atoms with Crippen LogP contribution in [0.5, 0.6) is 0 Å². The van der Waals surface area contributed by atoms with Gasteiger partial charge in [-0.15, -0.1) is 0 Å². The Labute approximate surface area is 225 Å². The summed E-state index contributed by atoms with van der Waals surface area (Å²) in [5, 5.41) is 11.0. The van der Waals surface area contributed by atoms with Crippen LogP contribution < -0.4 is 0 Å². The number of carbonyl (C=O) groups is 1. The van der Waals surface area contributed by atoms with Crippen molar-refractivity contribution < 1.29 is 23.3 Å². The number of benzene rings is 2. The van der Waals surface area contributed by atoms with E-state index in [2.05, 4.69) is 0 Å². The number of hydrogen-bond donors (Lipinski definition) is 1. The van der Waals surface area contributed by atoms with E-state index in [1.807, 2.05) is 79.7 Å². The lowest BCUT2D eigenvalue weighted by Gasteiger charge is -2.30. The maximum atomic E-state index is 13.5. The first-order chi connectivity index (χ1) is 18.2. The molecule has 0 spiro atoms. The number of carbonyl (C=O) groups excluding carboxylic acids is 1. The zero-order valence-corrected chi connectivity index (χ0v) is 22.9. The van der Waals surface area contributed by atoms with Crippen molar-refractivity contribution in [2.24, 2.45) is 0 Å². The molecule has 0 saturated heterocycles. The fraction of sp³-hybridized carbons (Fsp3) is 0.333. The number of aliphatic hydroxyl groups excluding tert-OH is 1. The van der Waals surface area contributed by atoms with Crippen molar-refractivity contribution in [3.63, 3.8) is 0 Å². The molecule has 38 heavy (non-hydrogen) atoms. The minimum Gasteiger partial charge on any atom is -0.461 e. The summed E-state index contributed by atoms with van der Waals surface area (Å²) < 4.78 is 26.3. The highest BCUT2D eigenvalue weighted by molar-refractivity contribution is 7.84.